The molecule has 66 valence electrons. The van der Waals surface area contributed by atoms with Crippen LogP contribution in [0, 0.1) is 11.8 Å². The highest BCUT2D eigenvalue weighted by Crippen LogP contribution is 2.27. The van der Waals surface area contributed by atoms with Crippen molar-refractivity contribution in [3.05, 3.63) is 0 Å². The van der Waals surface area contributed by atoms with E-state index >= 15 is 0 Å². The Morgan fingerprint density at radius 2 is 2.36 bits per heavy atom. The molecule has 3 atom stereocenters. The van der Waals surface area contributed by atoms with E-state index in [0.29, 0.717) is 5.92 Å². The Kier molecular flexibility index (Phi) is 3.34. The molecule has 0 aliphatic carbocycles. The lowest BCUT2D eigenvalue weighted by atomic mass is 9.90. The third-order valence-electron chi connectivity index (χ3n) is 2.76. The first kappa shape index (κ1) is 9.01. The van der Waals surface area contributed by atoms with E-state index in [4.69, 9.17) is 9.84 Å². The molecular formula is C9H18O2. The van der Waals surface area contributed by atoms with Gasteiger partial charge in [-0.3, -0.25) is 0 Å². The molecule has 1 rings (SSSR count). The number of ether oxygens (including phenoxy) is 1. The summed E-state index contributed by atoms with van der Waals surface area (Å²) in [6.45, 7) is 5.50. The maximum absolute atomic E-state index is 8.81. The van der Waals surface area contributed by atoms with E-state index in [1.807, 2.05) is 0 Å². The number of aliphatic hydroxyl groups excluding tert-OH is 1. The van der Waals surface area contributed by atoms with E-state index in [-0.39, 0.29) is 12.7 Å². The second-order valence-corrected chi connectivity index (χ2v) is 3.52. The van der Waals surface area contributed by atoms with Crippen LogP contribution in [0.2, 0.25) is 0 Å². The summed E-state index contributed by atoms with van der Waals surface area (Å²) < 4.78 is 5.39. The average molecular weight is 158 g/mol. The van der Waals surface area contributed by atoms with Crippen molar-refractivity contribution in [2.24, 2.45) is 11.8 Å². The lowest BCUT2D eigenvalue weighted by Gasteiger charge is -2.14. The highest BCUT2D eigenvalue weighted by molar-refractivity contribution is 4.76. The Labute approximate surface area is 68.6 Å². The highest BCUT2D eigenvalue weighted by Gasteiger charge is 2.27. The van der Waals surface area contributed by atoms with E-state index in [1.165, 1.54) is 6.42 Å². The summed E-state index contributed by atoms with van der Waals surface area (Å²) in [5, 5.41) is 8.81. The zero-order valence-electron chi connectivity index (χ0n) is 7.42. The van der Waals surface area contributed by atoms with Crippen molar-refractivity contribution in [3.8, 4) is 0 Å². The molecule has 1 N–H and O–H groups in total. The predicted molar refractivity (Wildman–Crippen MR) is 44.4 cm³/mol. The van der Waals surface area contributed by atoms with Gasteiger partial charge in [0.25, 0.3) is 0 Å². The average Bonchev–Trinajstić information content (AvgIpc) is 2.50. The molecule has 0 saturated carbocycles. The van der Waals surface area contributed by atoms with Crippen LogP contribution in [0.4, 0.5) is 0 Å². The van der Waals surface area contributed by atoms with Gasteiger partial charge in [0.1, 0.15) is 0 Å². The van der Waals surface area contributed by atoms with Crippen LogP contribution in [0.25, 0.3) is 0 Å². The van der Waals surface area contributed by atoms with Gasteiger partial charge >= 0.3 is 0 Å². The van der Waals surface area contributed by atoms with Gasteiger partial charge in [-0.05, 0) is 18.3 Å². The van der Waals surface area contributed by atoms with Gasteiger partial charge in [0.2, 0.25) is 0 Å². The summed E-state index contributed by atoms with van der Waals surface area (Å²) in [6.07, 6.45) is 2.38. The van der Waals surface area contributed by atoms with Gasteiger partial charge in [0.15, 0.2) is 0 Å². The molecular weight excluding hydrogens is 140 g/mol. The van der Waals surface area contributed by atoms with Crippen LogP contribution >= 0.6 is 0 Å². The Morgan fingerprint density at radius 1 is 1.64 bits per heavy atom. The van der Waals surface area contributed by atoms with Crippen LogP contribution in [-0.4, -0.2) is 24.4 Å². The molecule has 2 nitrogen and oxygen atoms in total. The van der Waals surface area contributed by atoms with E-state index in [2.05, 4.69) is 13.8 Å². The fourth-order valence-corrected chi connectivity index (χ4v) is 1.59. The van der Waals surface area contributed by atoms with Gasteiger partial charge in [0.05, 0.1) is 19.3 Å². The maximum atomic E-state index is 8.81. The number of hydrogen-bond acceptors (Lipinski definition) is 2. The van der Waals surface area contributed by atoms with Crippen molar-refractivity contribution in [1.29, 1.82) is 0 Å². The monoisotopic (exact) mass is 158 g/mol. The molecule has 0 aromatic heterocycles. The Balaban J connectivity index is 2.29. The molecule has 1 saturated heterocycles. The van der Waals surface area contributed by atoms with Gasteiger partial charge in [-0.15, -0.1) is 0 Å². The van der Waals surface area contributed by atoms with Crippen molar-refractivity contribution < 1.29 is 9.84 Å². The molecule has 1 aliphatic rings. The van der Waals surface area contributed by atoms with Crippen LogP contribution < -0.4 is 0 Å². The third kappa shape index (κ3) is 2.17. The second kappa shape index (κ2) is 4.07. The van der Waals surface area contributed by atoms with Crippen LogP contribution in [0.5, 0.6) is 0 Å². The minimum absolute atomic E-state index is 0.119. The van der Waals surface area contributed by atoms with Gasteiger partial charge < -0.3 is 9.84 Å². The lowest BCUT2D eigenvalue weighted by molar-refractivity contribution is 0.0560. The molecule has 0 spiro atoms. The normalized spacial score (nSPS) is 34.1. The molecule has 1 fully saturated rings. The van der Waals surface area contributed by atoms with E-state index in [9.17, 15) is 0 Å². The van der Waals surface area contributed by atoms with Crippen molar-refractivity contribution >= 4 is 0 Å². The first-order valence-electron chi connectivity index (χ1n) is 4.50. The van der Waals surface area contributed by atoms with Gasteiger partial charge in [-0.2, -0.15) is 0 Å². The van der Waals surface area contributed by atoms with Crippen molar-refractivity contribution in [2.45, 2.75) is 32.8 Å². The largest absolute Gasteiger partial charge is 0.394 e. The SMILES string of the molecule is CC[C@H](C)[C@H]1CO[C@H](CO)C1. The number of aliphatic hydroxyl groups is 1. The van der Waals surface area contributed by atoms with Gasteiger partial charge in [0, 0.05) is 0 Å². The van der Waals surface area contributed by atoms with E-state index < -0.39 is 0 Å². The topological polar surface area (TPSA) is 29.5 Å². The summed E-state index contributed by atoms with van der Waals surface area (Å²) in [5.41, 5.74) is 0. The minimum Gasteiger partial charge on any atom is -0.394 e. The number of rotatable bonds is 3. The van der Waals surface area contributed by atoms with Gasteiger partial charge in [-0.1, -0.05) is 20.3 Å². The first-order valence-corrected chi connectivity index (χ1v) is 4.50. The predicted octanol–water partition coefficient (Wildman–Crippen LogP) is 1.43. The summed E-state index contributed by atoms with van der Waals surface area (Å²) >= 11 is 0. The van der Waals surface area contributed by atoms with Crippen molar-refractivity contribution in [3.63, 3.8) is 0 Å². The minimum atomic E-state index is 0.119. The maximum Gasteiger partial charge on any atom is 0.0809 e. The molecule has 1 heterocycles. The fourth-order valence-electron chi connectivity index (χ4n) is 1.59. The molecule has 2 heteroatoms. The molecule has 1 aliphatic heterocycles. The summed E-state index contributed by atoms with van der Waals surface area (Å²) in [4.78, 5) is 0. The molecule has 0 bridgehead atoms. The second-order valence-electron chi connectivity index (χ2n) is 3.52. The highest BCUT2D eigenvalue weighted by atomic mass is 16.5. The van der Waals surface area contributed by atoms with Crippen LogP contribution in [0.3, 0.4) is 0 Å². The zero-order valence-corrected chi connectivity index (χ0v) is 7.42. The lowest BCUT2D eigenvalue weighted by Crippen LogP contribution is -2.12. The fraction of sp³-hybridized carbons (Fsp3) is 1.00. The summed E-state index contributed by atoms with van der Waals surface area (Å²) in [6, 6.07) is 0. The Hall–Kier alpha value is -0.0800. The van der Waals surface area contributed by atoms with E-state index in [1.54, 1.807) is 0 Å². The van der Waals surface area contributed by atoms with Crippen molar-refractivity contribution in [2.75, 3.05) is 13.2 Å². The van der Waals surface area contributed by atoms with Crippen LogP contribution in [0.1, 0.15) is 26.7 Å². The standard InChI is InChI=1S/C9H18O2/c1-3-7(2)8-4-9(5-10)11-6-8/h7-10H,3-6H2,1-2H3/t7-,8+,9-/m0/s1. The van der Waals surface area contributed by atoms with Crippen LogP contribution in [-0.2, 0) is 4.74 Å². The quantitative estimate of drug-likeness (QED) is 0.673. The van der Waals surface area contributed by atoms with Gasteiger partial charge in [-0.25, -0.2) is 0 Å². The molecule has 11 heavy (non-hydrogen) atoms. The number of hydrogen-bond donors (Lipinski definition) is 1. The van der Waals surface area contributed by atoms with Crippen molar-refractivity contribution in [1.82, 2.24) is 0 Å². The van der Waals surface area contributed by atoms with Crippen LogP contribution in [0.15, 0.2) is 0 Å². The summed E-state index contributed by atoms with van der Waals surface area (Å²) in [7, 11) is 0. The van der Waals surface area contributed by atoms with E-state index in [0.717, 1.165) is 18.9 Å². The third-order valence-corrected chi connectivity index (χ3v) is 2.76. The smallest absolute Gasteiger partial charge is 0.0809 e. The first-order chi connectivity index (χ1) is 5.27. The molecule has 0 aromatic carbocycles. The Bertz CT molecular complexity index is 114. The molecule has 0 unspecified atom stereocenters. The summed E-state index contributed by atoms with van der Waals surface area (Å²) in [5.74, 6) is 1.42. The molecule has 0 aromatic rings. The molecule has 0 radical (unpaired) electrons. The molecule has 0 amide bonds. The Morgan fingerprint density at radius 3 is 2.82 bits per heavy atom. The zero-order chi connectivity index (χ0) is 8.27.